The van der Waals surface area contributed by atoms with E-state index in [0.29, 0.717) is 11.4 Å². The molecule has 0 atom stereocenters. The van der Waals surface area contributed by atoms with Crippen LogP contribution in [0.25, 0.3) is 0 Å². The fourth-order valence-corrected chi connectivity index (χ4v) is 2.15. The molecule has 122 valence electrons. The number of carbonyl (C=O) groups is 1. The Labute approximate surface area is 137 Å². The van der Waals surface area contributed by atoms with E-state index in [4.69, 9.17) is 4.74 Å². The van der Waals surface area contributed by atoms with Crippen molar-refractivity contribution >= 4 is 11.6 Å². The number of nitrogens with one attached hydrogen (secondary N) is 1. The quantitative estimate of drug-likeness (QED) is 0.838. The molecule has 4 nitrogen and oxygen atoms in total. The van der Waals surface area contributed by atoms with Crippen molar-refractivity contribution in [3.05, 3.63) is 53.6 Å². The van der Waals surface area contributed by atoms with Crippen LogP contribution in [0.4, 0.5) is 5.69 Å². The van der Waals surface area contributed by atoms with Crippen molar-refractivity contribution in [2.75, 3.05) is 11.9 Å². The van der Waals surface area contributed by atoms with Crippen LogP contribution in [0, 0.1) is 6.92 Å². The van der Waals surface area contributed by atoms with E-state index in [1.54, 1.807) is 12.1 Å². The van der Waals surface area contributed by atoms with Crippen molar-refractivity contribution in [3.63, 3.8) is 0 Å². The first-order valence-electron chi connectivity index (χ1n) is 7.59. The van der Waals surface area contributed by atoms with Crippen LogP contribution < -0.4 is 10.1 Å². The van der Waals surface area contributed by atoms with Crippen LogP contribution in [-0.4, -0.2) is 17.6 Å². The summed E-state index contributed by atoms with van der Waals surface area (Å²) in [6.45, 7) is 8.04. The van der Waals surface area contributed by atoms with Crippen LogP contribution in [0.3, 0.4) is 0 Å². The molecule has 0 heterocycles. The lowest BCUT2D eigenvalue weighted by atomic mass is 9.87. The number of ether oxygens (including phenoxy) is 1. The molecule has 0 saturated carbocycles. The van der Waals surface area contributed by atoms with Gasteiger partial charge >= 0.3 is 0 Å². The zero-order valence-electron chi connectivity index (χ0n) is 14.0. The molecule has 0 spiro atoms. The molecule has 2 aromatic rings. The molecule has 0 aromatic heterocycles. The first kappa shape index (κ1) is 16.9. The van der Waals surface area contributed by atoms with E-state index >= 15 is 0 Å². The molecule has 0 saturated heterocycles. The molecule has 0 aliphatic carbocycles. The molecular formula is C19H23NO3. The Bertz CT molecular complexity index is 702. The number of amides is 1. The molecule has 2 aromatic carbocycles. The van der Waals surface area contributed by atoms with Gasteiger partial charge in [0, 0.05) is 0 Å². The highest BCUT2D eigenvalue weighted by Crippen LogP contribution is 2.30. The largest absolute Gasteiger partial charge is 0.506 e. The van der Waals surface area contributed by atoms with Gasteiger partial charge in [-0.1, -0.05) is 45.0 Å². The van der Waals surface area contributed by atoms with Crippen molar-refractivity contribution in [2.24, 2.45) is 0 Å². The zero-order chi connectivity index (χ0) is 17.0. The molecule has 2 rings (SSSR count). The number of anilines is 1. The molecule has 0 aliphatic heterocycles. The van der Waals surface area contributed by atoms with Crippen LogP contribution in [0.2, 0.25) is 0 Å². The predicted octanol–water partition coefficient (Wildman–Crippen LogP) is 4.02. The summed E-state index contributed by atoms with van der Waals surface area (Å²) in [7, 11) is 0. The highest BCUT2D eigenvalue weighted by molar-refractivity contribution is 5.93. The summed E-state index contributed by atoms with van der Waals surface area (Å²) in [6, 6.07) is 12.8. The third-order valence-corrected chi connectivity index (χ3v) is 3.59. The summed E-state index contributed by atoms with van der Waals surface area (Å²) < 4.78 is 5.51. The number of hydrogen-bond donors (Lipinski definition) is 2. The van der Waals surface area contributed by atoms with Gasteiger partial charge < -0.3 is 15.2 Å². The van der Waals surface area contributed by atoms with Gasteiger partial charge in [-0.05, 0) is 41.7 Å². The summed E-state index contributed by atoms with van der Waals surface area (Å²) in [5.74, 6) is 0.409. The lowest BCUT2D eigenvalue weighted by Crippen LogP contribution is -2.21. The van der Waals surface area contributed by atoms with E-state index < -0.39 is 0 Å². The summed E-state index contributed by atoms with van der Waals surface area (Å²) in [4.78, 5) is 12.1. The topological polar surface area (TPSA) is 58.6 Å². The Hall–Kier alpha value is -2.49. The second-order valence-corrected chi connectivity index (χ2v) is 6.58. The van der Waals surface area contributed by atoms with E-state index in [-0.39, 0.29) is 23.7 Å². The summed E-state index contributed by atoms with van der Waals surface area (Å²) >= 11 is 0. The van der Waals surface area contributed by atoms with Crippen LogP contribution in [0.15, 0.2) is 42.5 Å². The molecule has 0 aliphatic rings. The van der Waals surface area contributed by atoms with Crippen molar-refractivity contribution in [2.45, 2.75) is 33.1 Å². The second-order valence-electron chi connectivity index (χ2n) is 6.58. The number of benzene rings is 2. The van der Waals surface area contributed by atoms with Crippen molar-refractivity contribution in [3.8, 4) is 11.5 Å². The Morgan fingerprint density at radius 2 is 1.87 bits per heavy atom. The molecule has 1 amide bonds. The number of hydrogen-bond acceptors (Lipinski definition) is 3. The minimum Gasteiger partial charge on any atom is -0.506 e. The third kappa shape index (κ3) is 4.49. The van der Waals surface area contributed by atoms with Crippen molar-refractivity contribution in [1.82, 2.24) is 0 Å². The van der Waals surface area contributed by atoms with E-state index in [0.717, 1.165) is 11.1 Å². The van der Waals surface area contributed by atoms with Gasteiger partial charge in [-0.15, -0.1) is 0 Å². The van der Waals surface area contributed by atoms with E-state index in [1.807, 2.05) is 37.3 Å². The van der Waals surface area contributed by atoms with Gasteiger partial charge in [0.05, 0.1) is 5.69 Å². The zero-order valence-corrected chi connectivity index (χ0v) is 14.0. The van der Waals surface area contributed by atoms with Crippen molar-refractivity contribution in [1.29, 1.82) is 0 Å². The number of aromatic hydroxyl groups is 1. The molecule has 0 unspecified atom stereocenters. The van der Waals surface area contributed by atoms with Gasteiger partial charge in [0.1, 0.15) is 11.5 Å². The van der Waals surface area contributed by atoms with Gasteiger partial charge in [0.2, 0.25) is 0 Å². The predicted molar refractivity (Wildman–Crippen MR) is 92.1 cm³/mol. The SMILES string of the molecule is Cc1ccccc1OCC(=O)Nc1cc(C(C)(C)C)ccc1O. The molecule has 0 bridgehead atoms. The standard InChI is InChI=1S/C19H23NO3/c1-13-7-5-6-8-17(13)23-12-18(22)20-15-11-14(19(2,3)4)9-10-16(15)21/h5-11,21H,12H2,1-4H3,(H,20,22). The number of phenols is 1. The number of para-hydroxylation sites is 1. The van der Waals surface area contributed by atoms with Crippen LogP contribution in [0.1, 0.15) is 31.9 Å². The number of carbonyl (C=O) groups excluding carboxylic acids is 1. The summed E-state index contributed by atoms with van der Waals surface area (Å²) in [5.41, 5.74) is 2.34. The highest BCUT2D eigenvalue weighted by Gasteiger charge is 2.16. The number of aryl methyl sites for hydroxylation is 1. The van der Waals surface area contributed by atoms with Gasteiger partial charge in [-0.2, -0.15) is 0 Å². The van der Waals surface area contributed by atoms with Gasteiger partial charge in [0.15, 0.2) is 6.61 Å². The average molecular weight is 313 g/mol. The Balaban J connectivity index is 2.04. The van der Waals surface area contributed by atoms with Crippen LogP contribution in [0.5, 0.6) is 11.5 Å². The fraction of sp³-hybridized carbons (Fsp3) is 0.316. The lowest BCUT2D eigenvalue weighted by Gasteiger charge is -2.20. The molecule has 2 N–H and O–H groups in total. The Morgan fingerprint density at radius 1 is 1.17 bits per heavy atom. The van der Waals surface area contributed by atoms with Crippen molar-refractivity contribution < 1.29 is 14.6 Å². The van der Waals surface area contributed by atoms with E-state index in [9.17, 15) is 9.90 Å². The monoisotopic (exact) mass is 313 g/mol. The Morgan fingerprint density at radius 3 is 2.52 bits per heavy atom. The minimum atomic E-state index is -0.311. The smallest absolute Gasteiger partial charge is 0.262 e. The van der Waals surface area contributed by atoms with E-state index in [2.05, 4.69) is 26.1 Å². The average Bonchev–Trinajstić information content (AvgIpc) is 2.47. The second kappa shape index (κ2) is 6.73. The maximum Gasteiger partial charge on any atom is 0.262 e. The fourth-order valence-electron chi connectivity index (χ4n) is 2.15. The maximum atomic E-state index is 12.1. The van der Waals surface area contributed by atoms with Gasteiger partial charge in [-0.3, -0.25) is 4.79 Å². The summed E-state index contributed by atoms with van der Waals surface area (Å²) in [6.07, 6.45) is 0. The minimum absolute atomic E-state index is 0.0437. The van der Waals surface area contributed by atoms with Crippen LogP contribution >= 0.6 is 0 Å². The first-order chi connectivity index (χ1) is 10.8. The molecule has 4 heteroatoms. The molecular weight excluding hydrogens is 290 g/mol. The molecule has 0 fully saturated rings. The van der Waals surface area contributed by atoms with Gasteiger partial charge in [-0.25, -0.2) is 0 Å². The number of phenolic OH excluding ortho intramolecular Hbond substituents is 1. The van der Waals surface area contributed by atoms with Crippen LogP contribution in [-0.2, 0) is 10.2 Å². The third-order valence-electron chi connectivity index (χ3n) is 3.59. The first-order valence-corrected chi connectivity index (χ1v) is 7.59. The molecule has 23 heavy (non-hydrogen) atoms. The number of rotatable bonds is 4. The maximum absolute atomic E-state index is 12.1. The normalized spacial score (nSPS) is 11.1. The van der Waals surface area contributed by atoms with Gasteiger partial charge in [0.25, 0.3) is 5.91 Å². The highest BCUT2D eigenvalue weighted by atomic mass is 16.5. The molecule has 0 radical (unpaired) electrons. The Kier molecular flexibility index (Phi) is 4.94. The lowest BCUT2D eigenvalue weighted by molar-refractivity contribution is -0.118. The summed E-state index contributed by atoms with van der Waals surface area (Å²) in [5, 5.41) is 12.6. The van der Waals surface area contributed by atoms with E-state index in [1.165, 1.54) is 0 Å².